The number of alkyl halides is 1. The lowest BCUT2D eigenvalue weighted by molar-refractivity contribution is 0.0952. The monoisotopic (exact) mass is 307 g/mol. The highest BCUT2D eigenvalue weighted by atomic mass is 79.9. The Morgan fingerprint density at radius 3 is 2.94 bits per heavy atom. The Kier molecular flexibility index (Phi) is 5.22. The van der Waals surface area contributed by atoms with Crippen LogP contribution in [0.3, 0.4) is 0 Å². The van der Waals surface area contributed by atoms with E-state index in [1.165, 1.54) is 12.1 Å². The first kappa shape index (κ1) is 13.5. The second-order valence-electron chi connectivity index (χ2n) is 3.32. The summed E-state index contributed by atoms with van der Waals surface area (Å²) in [6, 6.07) is 4.34. The molecule has 0 spiro atoms. The lowest BCUT2D eigenvalue weighted by Crippen LogP contribution is -2.29. The number of carbonyl (C=O) groups excluding carboxylic acids is 1. The Hall–Kier alpha value is -0.610. The minimum absolute atomic E-state index is 0.101. The van der Waals surface area contributed by atoms with E-state index in [-0.39, 0.29) is 21.3 Å². The molecule has 0 saturated carbocycles. The Morgan fingerprint density at radius 2 is 2.31 bits per heavy atom. The van der Waals surface area contributed by atoms with Gasteiger partial charge in [0.15, 0.2) is 0 Å². The average Bonchev–Trinajstić information content (AvgIpc) is 2.29. The van der Waals surface area contributed by atoms with Gasteiger partial charge >= 0.3 is 0 Å². The van der Waals surface area contributed by atoms with Crippen molar-refractivity contribution in [1.82, 2.24) is 5.32 Å². The number of amides is 1. The molecule has 0 aromatic heterocycles. The van der Waals surface area contributed by atoms with E-state index >= 15 is 0 Å². The lowest BCUT2D eigenvalue weighted by atomic mass is 10.2. The van der Waals surface area contributed by atoms with Gasteiger partial charge in [0.25, 0.3) is 5.91 Å². The highest BCUT2D eigenvalue weighted by Gasteiger charge is 2.13. The maximum Gasteiger partial charge on any atom is 0.252 e. The van der Waals surface area contributed by atoms with Crippen LogP contribution in [0.5, 0.6) is 0 Å². The van der Waals surface area contributed by atoms with Gasteiger partial charge in [0.1, 0.15) is 5.82 Å². The van der Waals surface area contributed by atoms with Gasteiger partial charge in [-0.05, 0) is 34.5 Å². The zero-order valence-corrected chi connectivity index (χ0v) is 11.1. The van der Waals surface area contributed by atoms with Gasteiger partial charge in [0, 0.05) is 6.54 Å². The van der Waals surface area contributed by atoms with E-state index in [4.69, 9.17) is 11.6 Å². The third-order valence-electron chi connectivity index (χ3n) is 2.12. The highest BCUT2D eigenvalue weighted by Crippen LogP contribution is 2.20. The molecule has 1 aromatic rings. The molecule has 1 unspecified atom stereocenters. The fraction of sp³-hybridized carbons (Fsp3) is 0.364. The van der Waals surface area contributed by atoms with Gasteiger partial charge in [-0.2, -0.15) is 0 Å². The first-order chi connectivity index (χ1) is 7.56. The molecule has 0 saturated heterocycles. The smallest absolute Gasteiger partial charge is 0.252 e. The Morgan fingerprint density at radius 1 is 1.62 bits per heavy atom. The fourth-order valence-electron chi connectivity index (χ4n) is 1.12. The summed E-state index contributed by atoms with van der Waals surface area (Å²) in [5.41, 5.74) is 0.278. The Balaban J connectivity index is 2.70. The molecular weight excluding hydrogens is 296 g/mol. The topological polar surface area (TPSA) is 29.1 Å². The maximum atomic E-state index is 13.2. The van der Waals surface area contributed by atoms with Gasteiger partial charge in [-0.25, -0.2) is 4.39 Å². The van der Waals surface area contributed by atoms with Crippen LogP contribution in [-0.2, 0) is 0 Å². The molecule has 1 rings (SSSR count). The predicted molar refractivity (Wildman–Crippen MR) is 66.4 cm³/mol. The predicted octanol–water partition coefficient (Wildman–Crippen LogP) is 3.34. The summed E-state index contributed by atoms with van der Waals surface area (Å²) in [5.74, 6) is -0.781. The fourth-order valence-corrected chi connectivity index (χ4v) is 1.64. The van der Waals surface area contributed by atoms with E-state index in [1.807, 2.05) is 6.92 Å². The number of hydrogen-bond donors (Lipinski definition) is 1. The largest absolute Gasteiger partial charge is 0.351 e. The van der Waals surface area contributed by atoms with Gasteiger partial charge in [0.2, 0.25) is 0 Å². The van der Waals surface area contributed by atoms with Crippen molar-refractivity contribution in [3.63, 3.8) is 0 Å². The summed E-state index contributed by atoms with van der Waals surface area (Å²) in [6.45, 7) is 2.31. The molecule has 0 aliphatic rings. The first-order valence-corrected chi connectivity index (χ1v) is 6.15. The lowest BCUT2D eigenvalue weighted by Gasteiger charge is -2.09. The molecule has 2 nitrogen and oxygen atoms in total. The van der Waals surface area contributed by atoms with Gasteiger partial charge in [-0.15, -0.1) is 11.6 Å². The summed E-state index contributed by atoms with van der Waals surface area (Å²) >= 11 is 8.90. The summed E-state index contributed by atoms with van der Waals surface area (Å²) in [7, 11) is 0. The molecule has 16 heavy (non-hydrogen) atoms. The maximum absolute atomic E-state index is 13.2. The first-order valence-electron chi connectivity index (χ1n) is 4.92. The number of benzene rings is 1. The van der Waals surface area contributed by atoms with Crippen LogP contribution in [0.15, 0.2) is 22.7 Å². The van der Waals surface area contributed by atoms with Gasteiger partial charge < -0.3 is 5.32 Å². The summed E-state index contributed by atoms with van der Waals surface area (Å²) in [5, 5.41) is 2.55. The van der Waals surface area contributed by atoms with Crippen LogP contribution in [0, 0.1) is 5.82 Å². The normalized spacial score (nSPS) is 12.2. The van der Waals surface area contributed by atoms with E-state index in [9.17, 15) is 9.18 Å². The van der Waals surface area contributed by atoms with Crippen LogP contribution in [0.2, 0.25) is 0 Å². The zero-order valence-electron chi connectivity index (χ0n) is 8.77. The van der Waals surface area contributed by atoms with E-state index in [1.54, 1.807) is 6.07 Å². The molecule has 0 fully saturated rings. The summed E-state index contributed by atoms with van der Waals surface area (Å²) < 4.78 is 13.3. The highest BCUT2D eigenvalue weighted by molar-refractivity contribution is 9.10. The van der Waals surface area contributed by atoms with E-state index in [0.717, 1.165) is 6.42 Å². The minimum Gasteiger partial charge on any atom is -0.351 e. The number of rotatable bonds is 4. The number of halogens is 3. The Labute approximate surface area is 107 Å². The van der Waals surface area contributed by atoms with Crippen LogP contribution in [0.1, 0.15) is 23.7 Å². The van der Waals surface area contributed by atoms with Crippen LogP contribution < -0.4 is 5.32 Å². The average molecular weight is 309 g/mol. The molecule has 1 amide bonds. The van der Waals surface area contributed by atoms with Crippen molar-refractivity contribution < 1.29 is 9.18 Å². The molecule has 1 aromatic carbocycles. The molecular formula is C11H12BrClFNO. The van der Waals surface area contributed by atoms with Crippen LogP contribution in [-0.4, -0.2) is 17.8 Å². The number of hydrogen-bond acceptors (Lipinski definition) is 1. The molecule has 0 aliphatic heterocycles. The molecule has 1 atom stereocenters. The number of nitrogens with one attached hydrogen (secondary N) is 1. The van der Waals surface area contributed by atoms with Crippen molar-refractivity contribution in [2.45, 2.75) is 18.7 Å². The SMILES string of the molecule is CCC(Cl)CNC(=O)c1cccc(F)c1Br. The van der Waals surface area contributed by atoms with Crippen molar-refractivity contribution in [2.24, 2.45) is 0 Å². The minimum atomic E-state index is -0.453. The summed E-state index contributed by atoms with van der Waals surface area (Å²) in [4.78, 5) is 11.7. The van der Waals surface area contributed by atoms with Crippen LogP contribution >= 0.6 is 27.5 Å². The van der Waals surface area contributed by atoms with Crippen LogP contribution in [0.4, 0.5) is 4.39 Å². The second-order valence-corrected chi connectivity index (χ2v) is 4.73. The Bertz CT molecular complexity index is 386. The van der Waals surface area contributed by atoms with Crippen molar-refractivity contribution >= 4 is 33.4 Å². The molecule has 0 radical (unpaired) electrons. The third-order valence-corrected chi connectivity index (χ3v) is 3.39. The summed E-state index contributed by atoms with van der Waals surface area (Å²) in [6.07, 6.45) is 0.770. The van der Waals surface area contributed by atoms with Gasteiger partial charge in [-0.3, -0.25) is 4.79 Å². The van der Waals surface area contributed by atoms with Crippen molar-refractivity contribution in [3.8, 4) is 0 Å². The van der Waals surface area contributed by atoms with E-state index < -0.39 is 5.82 Å². The molecule has 1 N–H and O–H groups in total. The van der Waals surface area contributed by atoms with Crippen molar-refractivity contribution in [3.05, 3.63) is 34.1 Å². The van der Waals surface area contributed by atoms with E-state index in [2.05, 4.69) is 21.2 Å². The molecule has 0 heterocycles. The van der Waals surface area contributed by atoms with Crippen molar-refractivity contribution in [2.75, 3.05) is 6.54 Å². The van der Waals surface area contributed by atoms with Gasteiger partial charge in [0.05, 0.1) is 15.4 Å². The van der Waals surface area contributed by atoms with Gasteiger partial charge in [-0.1, -0.05) is 13.0 Å². The molecule has 88 valence electrons. The standard InChI is InChI=1S/C11H12BrClFNO/c1-2-7(13)6-15-11(16)8-4-3-5-9(14)10(8)12/h3-5,7H,2,6H2,1H3,(H,15,16). The number of carbonyl (C=O) groups is 1. The van der Waals surface area contributed by atoms with Crippen LogP contribution in [0.25, 0.3) is 0 Å². The third kappa shape index (κ3) is 3.46. The molecule has 0 aliphatic carbocycles. The second kappa shape index (κ2) is 6.21. The van der Waals surface area contributed by atoms with E-state index in [0.29, 0.717) is 6.54 Å². The quantitative estimate of drug-likeness (QED) is 0.849. The molecule has 5 heteroatoms. The zero-order chi connectivity index (χ0) is 12.1. The molecule has 0 bridgehead atoms. The van der Waals surface area contributed by atoms with Crippen molar-refractivity contribution in [1.29, 1.82) is 0 Å².